The summed E-state index contributed by atoms with van der Waals surface area (Å²) in [5, 5.41) is 17.9. The Hall–Kier alpha value is -2.74. The molecule has 2 atom stereocenters. The quantitative estimate of drug-likeness (QED) is 0.843. The monoisotopic (exact) mass is 386 g/mol. The number of likely N-dealkylation sites (tertiary alicyclic amines) is 1. The van der Waals surface area contributed by atoms with Crippen molar-refractivity contribution in [3.05, 3.63) is 36.0 Å². The SMILES string of the molecule is CC(C)Cn1nccc1NC(=O)N1CC[C@@H](c2ccc3c(c2)OCO3)[C@H](O)C1. The number of ether oxygens (including phenoxy) is 2. The lowest BCUT2D eigenvalue weighted by atomic mass is 9.87. The summed E-state index contributed by atoms with van der Waals surface area (Å²) >= 11 is 0. The summed E-state index contributed by atoms with van der Waals surface area (Å²) in [6.45, 7) is 6.02. The highest BCUT2D eigenvalue weighted by Crippen LogP contribution is 2.37. The molecule has 8 nitrogen and oxygen atoms in total. The van der Waals surface area contributed by atoms with Crippen LogP contribution in [-0.2, 0) is 6.54 Å². The van der Waals surface area contributed by atoms with Gasteiger partial charge in [0.1, 0.15) is 5.82 Å². The summed E-state index contributed by atoms with van der Waals surface area (Å²) in [4.78, 5) is 14.3. The van der Waals surface area contributed by atoms with E-state index < -0.39 is 6.10 Å². The molecule has 2 amide bonds. The zero-order valence-corrected chi connectivity index (χ0v) is 16.2. The number of anilines is 1. The van der Waals surface area contributed by atoms with Crippen LogP contribution in [-0.4, -0.2) is 51.8 Å². The highest BCUT2D eigenvalue weighted by atomic mass is 16.7. The average Bonchev–Trinajstić information content (AvgIpc) is 3.30. The third-order valence-electron chi connectivity index (χ3n) is 5.18. The van der Waals surface area contributed by atoms with Gasteiger partial charge in [0.15, 0.2) is 11.5 Å². The van der Waals surface area contributed by atoms with Crippen molar-refractivity contribution in [3.8, 4) is 11.5 Å². The predicted octanol–water partition coefficient (Wildman–Crippen LogP) is 2.65. The van der Waals surface area contributed by atoms with E-state index >= 15 is 0 Å². The summed E-state index contributed by atoms with van der Waals surface area (Å²) in [6, 6.07) is 7.33. The number of nitrogens with one attached hydrogen (secondary N) is 1. The molecule has 0 radical (unpaired) electrons. The first-order valence-electron chi connectivity index (χ1n) is 9.66. The Kier molecular flexibility index (Phi) is 5.13. The number of carbonyl (C=O) groups excluding carboxylic acids is 1. The Morgan fingerprint density at radius 3 is 2.93 bits per heavy atom. The maximum Gasteiger partial charge on any atom is 0.323 e. The molecule has 1 saturated heterocycles. The van der Waals surface area contributed by atoms with Crippen molar-refractivity contribution in [1.29, 1.82) is 0 Å². The maximum atomic E-state index is 12.7. The first kappa shape index (κ1) is 18.6. The number of carbonyl (C=O) groups is 1. The largest absolute Gasteiger partial charge is 0.454 e. The van der Waals surface area contributed by atoms with E-state index in [-0.39, 0.29) is 25.3 Å². The van der Waals surface area contributed by atoms with Crippen LogP contribution in [0.15, 0.2) is 30.5 Å². The van der Waals surface area contributed by atoms with Gasteiger partial charge in [0.2, 0.25) is 6.79 Å². The maximum absolute atomic E-state index is 12.7. The Morgan fingerprint density at radius 2 is 2.14 bits per heavy atom. The number of β-amino-alcohol motifs (C(OH)–C–C–N with tert-alkyl or cyclic N) is 1. The number of aliphatic hydroxyl groups excluding tert-OH is 1. The van der Waals surface area contributed by atoms with Gasteiger partial charge in [-0.25, -0.2) is 9.48 Å². The van der Waals surface area contributed by atoms with Crippen LogP contribution in [0.1, 0.15) is 31.7 Å². The molecule has 0 unspecified atom stereocenters. The molecule has 3 heterocycles. The van der Waals surface area contributed by atoms with Crippen molar-refractivity contribution < 1.29 is 19.4 Å². The number of hydrogen-bond acceptors (Lipinski definition) is 5. The van der Waals surface area contributed by atoms with E-state index in [0.29, 0.717) is 30.5 Å². The van der Waals surface area contributed by atoms with Crippen molar-refractivity contribution in [2.24, 2.45) is 5.92 Å². The first-order chi connectivity index (χ1) is 13.5. The molecular formula is C20H26N4O4. The van der Waals surface area contributed by atoms with Crippen LogP contribution in [0.2, 0.25) is 0 Å². The normalized spacial score (nSPS) is 21.2. The molecule has 0 aliphatic carbocycles. The molecule has 2 aliphatic rings. The zero-order valence-electron chi connectivity index (χ0n) is 16.2. The zero-order chi connectivity index (χ0) is 19.7. The first-order valence-corrected chi connectivity index (χ1v) is 9.66. The van der Waals surface area contributed by atoms with Crippen molar-refractivity contribution in [1.82, 2.24) is 14.7 Å². The number of fused-ring (bicyclic) bond motifs is 1. The van der Waals surface area contributed by atoms with Gasteiger partial charge in [-0.1, -0.05) is 19.9 Å². The second-order valence-electron chi connectivity index (χ2n) is 7.74. The van der Waals surface area contributed by atoms with Crippen molar-refractivity contribution in [3.63, 3.8) is 0 Å². The molecule has 2 aromatic rings. The van der Waals surface area contributed by atoms with Crippen LogP contribution in [0.3, 0.4) is 0 Å². The van der Waals surface area contributed by atoms with E-state index in [2.05, 4.69) is 24.3 Å². The fourth-order valence-corrected chi connectivity index (χ4v) is 3.77. The van der Waals surface area contributed by atoms with Crippen LogP contribution < -0.4 is 14.8 Å². The van der Waals surface area contributed by atoms with Crippen LogP contribution >= 0.6 is 0 Å². The van der Waals surface area contributed by atoms with Crippen LogP contribution in [0.4, 0.5) is 10.6 Å². The van der Waals surface area contributed by atoms with Gasteiger partial charge in [-0.15, -0.1) is 0 Å². The van der Waals surface area contributed by atoms with Crippen molar-refractivity contribution in [2.45, 2.75) is 38.8 Å². The Labute approximate surface area is 164 Å². The summed E-state index contributed by atoms with van der Waals surface area (Å²) in [5.41, 5.74) is 1.01. The van der Waals surface area contributed by atoms with Crippen LogP contribution in [0.25, 0.3) is 0 Å². The van der Waals surface area contributed by atoms with Gasteiger partial charge in [-0.3, -0.25) is 5.32 Å². The number of urea groups is 1. The number of piperidine rings is 1. The Bertz CT molecular complexity index is 850. The number of hydrogen-bond donors (Lipinski definition) is 2. The number of aromatic nitrogens is 2. The van der Waals surface area contributed by atoms with Crippen molar-refractivity contribution in [2.75, 3.05) is 25.2 Å². The molecule has 0 saturated carbocycles. The number of benzene rings is 1. The van der Waals surface area contributed by atoms with Gasteiger partial charge in [0.05, 0.1) is 12.3 Å². The molecule has 0 bridgehead atoms. The minimum Gasteiger partial charge on any atom is -0.454 e. The van der Waals surface area contributed by atoms with Gasteiger partial charge >= 0.3 is 6.03 Å². The summed E-state index contributed by atoms with van der Waals surface area (Å²) in [6.07, 6.45) is 1.72. The van der Waals surface area contributed by atoms with Gasteiger partial charge in [-0.05, 0) is 30.0 Å². The molecule has 1 fully saturated rings. The smallest absolute Gasteiger partial charge is 0.323 e. The number of amides is 2. The van der Waals surface area contributed by atoms with Gasteiger partial charge in [-0.2, -0.15) is 5.10 Å². The van der Waals surface area contributed by atoms with Crippen molar-refractivity contribution >= 4 is 11.8 Å². The Morgan fingerprint density at radius 1 is 1.32 bits per heavy atom. The number of rotatable bonds is 4. The highest BCUT2D eigenvalue weighted by Gasteiger charge is 2.32. The number of aliphatic hydroxyl groups is 1. The van der Waals surface area contributed by atoms with Crippen LogP contribution in [0.5, 0.6) is 11.5 Å². The molecule has 8 heteroatoms. The molecule has 1 aromatic heterocycles. The molecule has 1 aromatic carbocycles. The lowest BCUT2D eigenvalue weighted by molar-refractivity contribution is 0.0687. The summed E-state index contributed by atoms with van der Waals surface area (Å²) in [5.74, 6) is 2.50. The number of nitrogens with zero attached hydrogens (tertiary/aromatic N) is 3. The molecule has 4 rings (SSSR count). The van der Waals surface area contributed by atoms with Crippen LogP contribution in [0, 0.1) is 5.92 Å². The fourth-order valence-electron chi connectivity index (χ4n) is 3.77. The van der Waals surface area contributed by atoms with Gasteiger partial charge in [0.25, 0.3) is 0 Å². The molecule has 2 aliphatic heterocycles. The van der Waals surface area contributed by atoms with Gasteiger partial charge < -0.3 is 19.5 Å². The molecule has 0 spiro atoms. The standard InChI is InChI=1S/C20H26N4O4/c1-13(2)10-24-19(5-7-21-24)22-20(26)23-8-6-15(16(25)11-23)14-3-4-17-18(9-14)28-12-27-17/h3-5,7,9,13,15-16,25H,6,8,10-12H2,1-2H3,(H,22,26)/t15-,16+/m0/s1. The minimum atomic E-state index is -0.638. The molecule has 2 N–H and O–H groups in total. The van der Waals surface area contributed by atoms with E-state index in [9.17, 15) is 9.90 Å². The lowest BCUT2D eigenvalue weighted by Gasteiger charge is -2.36. The van der Waals surface area contributed by atoms with E-state index in [1.54, 1.807) is 21.8 Å². The highest BCUT2D eigenvalue weighted by molar-refractivity contribution is 5.88. The molecular weight excluding hydrogens is 360 g/mol. The molecule has 150 valence electrons. The summed E-state index contributed by atoms with van der Waals surface area (Å²) < 4.78 is 12.6. The second-order valence-corrected chi connectivity index (χ2v) is 7.74. The molecule has 28 heavy (non-hydrogen) atoms. The topological polar surface area (TPSA) is 88.9 Å². The van der Waals surface area contributed by atoms with E-state index in [0.717, 1.165) is 17.9 Å². The Balaban J connectivity index is 1.39. The van der Waals surface area contributed by atoms with E-state index in [4.69, 9.17) is 9.47 Å². The van der Waals surface area contributed by atoms with Gasteiger partial charge in [0, 0.05) is 31.6 Å². The third kappa shape index (κ3) is 3.77. The summed E-state index contributed by atoms with van der Waals surface area (Å²) in [7, 11) is 0. The second kappa shape index (κ2) is 7.71. The average molecular weight is 386 g/mol. The third-order valence-corrected chi connectivity index (χ3v) is 5.18. The fraction of sp³-hybridized carbons (Fsp3) is 0.500. The van der Waals surface area contributed by atoms with E-state index in [1.807, 2.05) is 18.2 Å². The minimum absolute atomic E-state index is 0.0370. The van der Waals surface area contributed by atoms with E-state index in [1.165, 1.54) is 0 Å². The lowest BCUT2D eigenvalue weighted by Crippen LogP contribution is -2.47. The predicted molar refractivity (Wildman–Crippen MR) is 104 cm³/mol.